The van der Waals surface area contributed by atoms with Gasteiger partial charge in [0.1, 0.15) is 0 Å². The number of thiazole rings is 1. The van der Waals surface area contributed by atoms with Gasteiger partial charge in [0.15, 0.2) is 5.96 Å². The van der Waals surface area contributed by atoms with Crippen molar-refractivity contribution in [3.63, 3.8) is 0 Å². The molecule has 0 aliphatic heterocycles. The highest BCUT2D eigenvalue weighted by Crippen LogP contribution is 2.08. The van der Waals surface area contributed by atoms with Gasteiger partial charge in [0, 0.05) is 37.5 Å². The van der Waals surface area contributed by atoms with E-state index in [4.69, 9.17) is 4.99 Å². The third-order valence-corrected chi connectivity index (χ3v) is 5.05. The summed E-state index contributed by atoms with van der Waals surface area (Å²) in [5.41, 5.74) is 2.47. The summed E-state index contributed by atoms with van der Waals surface area (Å²) in [7, 11) is 2.15. The van der Waals surface area contributed by atoms with Crippen LogP contribution < -0.4 is 10.6 Å². The highest BCUT2D eigenvalue weighted by molar-refractivity contribution is 7.09. The van der Waals surface area contributed by atoms with Gasteiger partial charge in [0.2, 0.25) is 0 Å². The first-order valence-electron chi connectivity index (χ1n) is 9.25. The van der Waals surface area contributed by atoms with Gasteiger partial charge < -0.3 is 10.6 Å². The van der Waals surface area contributed by atoms with E-state index < -0.39 is 0 Å². The van der Waals surface area contributed by atoms with Gasteiger partial charge in [0.25, 0.3) is 0 Å². The molecule has 5 nitrogen and oxygen atoms in total. The first-order chi connectivity index (χ1) is 12.6. The van der Waals surface area contributed by atoms with Crippen LogP contribution in [0, 0.1) is 6.92 Å². The summed E-state index contributed by atoms with van der Waals surface area (Å²) >= 11 is 1.70. The summed E-state index contributed by atoms with van der Waals surface area (Å²) in [5.74, 6) is 0.874. The zero-order valence-electron chi connectivity index (χ0n) is 16.3. The number of nitrogens with zero attached hydrogens (tertiary/aromatic N) is 3. The Labute approximate surface area is 161 Å². The number of nitrogens with one attached hydrogen (secondary N) is 2. The van der Waals surface area contributed by atoms with Crippen LogP contribution in [0.25, 0.3) is 0 Å². The number of aliphatic imine (C=N–C) groups is 1. The van der Waals surface area contributed by atoms with Crippen molar-refractivity contribution in [3.8, 4) is 0 Å². The Bertz CT molecular complexity index is 668. The number of hydrogen-bond donors (Lipinski definition) is 2. The minimum atomic E-state index is 0.367. The average molecular weight is 374 g/mol. The number of likely N-dealkylation sites (N-methyl/N-ethyl adjacent to an activating group) is 1. The summed E-state index contributed by atoms with van der Waals surface area (Å²) in [4.78, 5) is 11.6. The lowest BCUT2D eigenvalue weighted by Gasteiger charge is -2.23. The van der Waals surface area contributed by atoms with Crippen molar-refractivity contribution in [2.45, 2.75) is 39.8 Å². The van der Waals surface area contributed by atoms with E-state index in [2.05, 4.69) is 77.1 Å². The lowest BCUT2D eigenvalue weighted by Crippen LogP contribution is -2.40. The van der Waals surface area contributed by atoms with Gasteiger partial charge in [-0.1, -0.05) is 30.3 Å². The molecule has 0 fully saturated rings. The summed E-state index contributed by atoms with van der Waals surface area (Å²) in [5, 5.41) is 9.98. The molecule has 26 heavy (non-hydrogen) atoms. The van der Waals surface area contributed by atoms with Crippen LogP contribution in [-0.2, 0) is 13.0 Å². The molecule has 6 heteroatoms. The van der Waals surface area contributed by atoms with Gasteiger partial charge in [-0.05, 0) is 33.4 Å². The topological polar surface area (TPSA) is 52.6 Å². The van der Waals surface area contributed by atoms with Crippen molar-refractivity contribution < 1.29 is 0 Å². The van der Waals surface area contributed by atoms with Gasteiger partial charge in [-0.2, -0.15) is 0 Å². The predicted molar refractivity (Wildman–Crippen MR) is 112 cm³/mol. The van der Waals surface area contributed by atoms with Gasteiger partial charge in [0.05, 0.1) is 17.2 Å². The van der Waals surface area contributed by atoms with Crippen molar-refractivity contribution in [1.29, 1.82) is 0 Å². The van der Waals surface area contributed by atoms with Crippen LogP contribution in [0.5, 0.6) is 0 Å². The lowest BCUT2D eigenvalue weighted by atomic mass is 10.2. The summed E-state index contributed by atoms with van der Waals surface area (Å²) in [6.45, 7) is 9.73. The second kappa shape index (κ2) is 10.9. The van der Waals surface area contributed by atoms with Crippen LogP contribution in [0.15, 0.2) is 40.7 Å². The quantitative estimate of drug-likeness (QED) is 0.524. The fraction of sp³-hybridized carbons (Fsp3) is 0.500. The predicted octanol–water partition coefficient (Wildman–Crippen LogP) is 3.07. The molecule has 142 valence electrons. The highest BCUT2D eigenvalue weighted by atomic mass is 32.1. The van der Waals surface area contributed by atoms with Crippen molar-refractivity contribution in [2.75, 3.05) is 26.7 Å². The molecule has 0 amide bonds. The van der Waals surface area contributed by atoms with E-state index in [1.807, 2.05) is 6.92 Å². The fourth-order valence-electron chi connectivity index (χ4n) is 2.56. The monoisotopic (exact) mass is 373 g/mol. The minimum absolute atomic E-state index is 0.367. The Morgan fingerprint density at radius 3 is 2.69 bits per heavy atom. The first kappa shape index (κ1) is 20.4. The number of aryl methyl sites for hydroxylation is 1. The number of rotatable bonds is 9. The zero-order valence-corrected chi connectivity index (χ0v) is 17.1. The summed E-state index contributed by atoms with van der Waals surface area (Å²) in [6.07, 6.45) is 0.915. The second-order valence-electron chi connectivity index (χ2n) is 6.50. The van der Waals surface area contributed by atoms with Crippen LogP contribution in [0.3, 0.4) is 0 Å². The van der Waals surface area contributed by atoms with Crippen molar-refractivity contribution in [1.82, 2.24) is 20.5 Å². The number of benzene rings is 1. The molecular weight excluding hydrogens is 342 g/mol. The molecule has 0 radical (unpaired) electrons. The molecule has 1 atom stereocenters. The molecule has 1 heterocycles. The van der Waals surface area contributed by atoms with Gasteiger partial charge in [-0.3, -0.25) is 9.89 Å². The molecule has 0 saturated heterocycles. The van der Waals surface area contributed by atoms with E-state index >= 15 is 0 Å². The molecule has 0 spiro atoms. The lowest BCUT2D eigenvalue weighted by molar-refractivity contribution is 0.255. The van der Waals surface area contributed by atoms with Crippen molar-refractivity contribution in [3.05, 3.63) is 52.0 Å². The van der Waals surface area contributed by atoms with Crippen LogP contribution in [0.2, 0.25) is 0 Å². The van der Waals surface area contributed by atoms with E-state index in [0.717, 1.165) is 49.3 Å². The van der Waals surface area contributed by atoms with Crippen LogP contribution in [0.1, 0.15) is 30.1 Å². The largest absolute Gasteiger partial charge is 0.357 e. The van der Waals surface area contributed by atoms with Crippen LogP contribution in [-0.4, -0.2) is 48.6 Å². The first-order valence-corrected chi connectivity index (χ1v) is 10.1. The second-order valence-corrected chi connectivity index (χ2v) is 7.57. The number of guanidine groups is 1. The molecule has 2 rings (SSSR count). The maximum Gasteiger partial charge on any atom is 0.191 e. The Hall–Kier alpha value is -1.92. The smallest absolute Gasteiger partial charge is 0.191 e. The maximum atomic E-state index is 4.75. The summed E-state index contributed by atoms with van der Waals surface area (Å²) < 4.78 is 0. The van der Waals surface area contributed by atoms with E-state index in [9.17, 15) is 0 Å². The van der Waals surface area contributed by atoms with E-state index in [1.165, 1.54) is 5.56 Å². The minimum Gasteiger partial charge on any atom is -0.357 e. The van der Waals surface area contributed by atoms with Crippen molar-refractivity contribution >= 4 is 17.3 Å². The van der Waals surface area contributed by atoms with Gasteiger partial charge >= 0.3 is 0 Å². The third-order valence-electron chi connectivity index (χ3n) is 4.23. The van der Waals surface area contributed by atoms with E-state index in [-0.39, 0.29) is 0 Å². The molecule has 2 N–H and O–H groups in total. The van der Waals surface area contributed by atoms with Gasteiger partial charge in [-0.25, -0.2) is 4.98 Å². The Morgan fingerprint density at radius 2 is 2.04 bits per heavy atom. The van der Waals surface area contributed by atoms with Gasteiger partial charge in [-0.15, -0.1) is 11.3 Å². The molecule has 0 bridgehead atoms. The molecular formula is C20H31N5S. The zero-order chi connectivity index (χ0) is 18.8. The number of hydrogen-bond acceptors (Lipinski definition) is 4. The molecule has 0 saturated carbocycles. The molecule has 0 aliphatic carbocycles. The Kier molecular flexibility index (Phi) is 8.58. The standard InChI is InChI=1S/C20H31N5S/c1-5-21-20(22-12-11-19-15-26-17(3)24-19)23-13-16(2)25(4)14-18-9-7-6-8-10-18/h6-10,15-16H,5,11-14H2,1-4H3,(H2,21,22,23). The SMILES string of the molecule is CCNC(=NCC(C)N(C)Cc1ccccc1)NCCc1csc(C)n1. The highest BCUT2D eigenvalue weighted by Gasteiger charge is 2.09. The molecule has 2 aromatic rings. The number of aromatic nitrogens is 1. The fourth-order valence-corrected chi connectivity index (χ4v) is 3.21. The third kappa shape index (κ3) is 7.14. The van der Waals surface area contributed by atoms with E-state index in [0.29, 0.717) is 6.04 Å². The molecule has 0 aliphatic rings. The summed E-state index contributed by atoms with van der Waals surface area (Å²) in [6, 6.07) is 10.9. The normalized spacial score (nSPS) is 13.0. The molecule has 1 aromatic carbocycles. The maximum absolute atomic E-state index is 4.75. The van der Waals surface area contributed by atoms with Crippen LogP contribution >= 0.6 is 11.3 Å². The van der Waals surface area contributed by atoms with E-state index in [1.54, 1.807) is 11.3 Å². The Morgan fingerprint density at radius 1 is 1.27 bits per heavy atom. The molecule has 1 aromatic heterocycles. The van der Waals surface area contributed by atoms with Crippen LogP contribution in [0.4, 0.5) is 0 Å². The van der Waals surface area contributed by atoms with Crippen molar-refractivity contribution in [2.24, 2.45) is 4.99 Å². The molecule has 1 unspecified atom stereocenters. The average Bonchev–Trinajstić information content (AvgIpc) is 3.05. The Balaban J connectivity index is 1.80.